The SMILES string of the molecule is O=c1[nH]c(CNCCC2CC3CCC(C2)N3)cs1. The number of nitrogens with one attached hydrogen (secondary N) is 3. The molecule has 1 aromatic rings. The summed E-state index contributed by atoms with van der Waals surface area (Å²) in [6.45, 7) is 1.85. The Morgan fingerprint density at radius 1 is 1.33 bits per heavy atom. The van der Waals surface area contributed by atoms with Gasteiger partial charge in [0, 0.05) is 29.7 Å². The van der Waals surface area contributed by atoms with Crippen molar-refractivity contribution < 1.29 is 0 Å². The summed E-state index contributed by atoms with van der Waals surface area (Å²) in [4.78, 5) is 13.9. The van der Waals surface area contributed by atoms with Crippen molar-refractivity contribution in [2.45, 2.75) is 50.7 Å². The number of fused-ring (bicyclic) bond motifs is 2. The van der Waals surface area contributed by atoms with E-state index in [1.165, 1.54) is 43.4 Å². The van der Waals surface area contributed by atoms with Crippen LogP contribution in [0.2, 0.25) is 0 Å². The van der Waals surface area contributed by atoms with E-state index in [1.807, 2.05) is 5.38 Å². The van der Waals surface area contributed by atoms with Crippen LogP contribution in [0.15, 0.2) is 10.2 Å². The van der Waals surface area contributed by atoms with Crippen LogP contribution in [-0.4, -0.2) is 23.6 Å². The highest BCUT2D eigenvalue weighted by Gasteiger charge is 2.32. The maximum atomic E-state index is 11.0. The predicted molar refractivity (Wildman–Crippen MR) is 73.9 cm³/mol. The fourth-order valence-electron chi connectivity index (χ4n) is 3.34. The molecule has 2 aliphatic heterocycles. The van der Waals surface area contributed by atoms with E-state index in [9.17, 15) is 4.79 Å². The average molecular weight is 267 g/mol. The monoisotopic (exact) mass is 267 g/mol. The number of H-pyrrole nitrogens is 1. The molecule has 5 heteroatoms. The lowest BCUT2D eigenvalue weighted by Gasteiger charge is -2.29. The molecule has 2 aliphatic rings. The van der Waals surface area contributed by atoms with E-state index >= 15 is 0 Å². The third kappa shape index (κ3) is 3.02. The van der Waals surface area contributed by atoms with Crippen LogP contribution in [-0.2, 0) is 6.54 Å². The van der Waals surface area contributed by atoms with Crippen LogP contribution in [0.1, 0.15) is 37.8 Å². The Balaban J connectivity index is 1.36. The second kappa shape index (κ2) is 5.55. The Labute approximate surface area is 111 Å². The second-order valence-corrected chi connectivity index (χ2v) is 6.46. The Morgan fingerprint density at radius 3 is 2.78 bits per heavy atom. The molecule has 0 saturated carbocycles. The quantitative estimate of drug-likeness (QED) is 0.708. The van der Waals surface area contributed by atoms with Crippen LogP contribution in [0, 0.1) is 5.92 Å². The molecule has 4 nitrogen and oxygen atoms in total. The number of aromatic amines is 1. The van der Waals surface area contributed by atoms with Gasteiger partial charge in [0.15, 0.2) is 0 Å². The van der Waals surface area contributed by atoms with Gasteiger partial charge in [-0.15, -0.1) is 0 Å². The third-order valence-electron chi connectivity index (χ3n) is 4.19. The highest BCUT2D eigenvalue weighted by molar-refractivity contribution is 7.07. The minimum atomic E-state index is 0.0433. The Morgan fingerprint density at radius 2 is 2.11 bits per heavy atom. The lowest BCUT2D eigenvalue weighted by atomic mass is 9.90. The van der Waals surface area contributed by atoms with Crippen molar-refractivity contribution in [3.63, 3.8) is 0 Å². The van der Waals surface area contributed by atoms with Crippen LogP contribution in [0.3, 0.4) is 0 Å². The second-order valence-electron chi connectivity index (χ2n) is 5.61. The number of hydrogen-bond acceptors (Lipinski definition) is 4. The fraction of sp³-hybridized carbons (Fsp3) is 0.769. The molecule has 100 valence electrons. The normalized spacial score (nSPS) is 30.8. The summed E-state index contributed by atoms with van der Waals surface area (Å²) in [5, 5.41) is 9.01. The van der Waals surface area contributed by atoms with Crippen molar-refractivity contribution in [3.05, 3.63) is 20.7 Å². The van der Waals surface area contributed by atoms with Gasteiger partial charge in [-0.1, -0.05) is 11.3 Å². The van der Waals surface area contributed by atoms with Crippen molar-refractivity contribution in [1.29, 1.82) is 0 Å². The van der Waals surface area contributed by atoms with E-state index in [4.69, 9.17) is 0 Å². The van der Waals surface area contributed by atoms with E-state index in [0.29, 0.717) is 0 Å². The number of hydrogen-bond donors (Lipinski definition) is 3. The summed E-state index contributed by atoms with van der Waals surface area (Å²) in [6, 6.07) is 1.59. The minimum absolute atomic E-state index is 0.0433. The smallest absolute Gasteiger partial charge is 0.304 e. The molecule has 2 saturated heterocycles. The zero-order valence-corrected chi connectivity index (χ0v) is 11.4. The molecule has 2 atom stereocenters. The van der Waals surface area contributed by atoms with E-state index in [0.717, 1.165) is 36.8 Å². The van der Waals surface area contributed by atoms with Gasteiger partial charge in [-0.05, 0) is 44.6 Å². The zero-order valence-electron chi connectivity index (χ0n) is 10.6. The summed E-state index contributed by atoms with van der Waals surface area (Å²) in [5.74, 6) is 0.887. The summed E-state index contributed by atoms with van der Waals surface area (Å²) in [5.41, 5.74) is 1.01. The van der Waals surface area contributed by atoms with Gasteiger partial charge in [0.2, 0.25) is 0 Å². The minimum Gasteiger partial charge on any atom is -0.315 e. The summed E-state index contributed by atoms with van der Waals surface area (Å²) in [6.07, 6.45) is 6.74. The molecule has 18 heavy (non-hydrogen) atoms. The highest BCUT2D eigenvalue weighted by Crippen LogP contribution is 2.32. The first-order valence-corrected chi connectivity index (χ1v) is 7.81. The predicted octanol–water partition coefficient (Wildman–Crippen LogP) is 1.45. The summed E-state index contributed by atoms with van der Waals surface area (Å²) < 4.78 is 0. The molecule has 0 spiro atoms. The highest BCUT2D eigenvalue weighted by atomic mass is 32.1. The molecule has 2 unspecified atom stereocenters. The number of piperidine rings is 1. The first-order chi connectivity index (χ1) is 8.79. The molecule has 1 aromatic heterocycles. The maximum absolute atomic E-state index is 11.0. The van der Waals surface area contributed by atoms with E-state index in [-0.39, 0.29) is 4.87 Å². The molecular weight excluding hydrogens is 246 g/mol. The van der Waals surface area contributed by atoms with Crippen LogP contribution in [0.5, 0.6) is 0 Å². The molecule has 0 radical (unpaired) electrons. The molecule has 3 rings (SSSR count). The number of thiazole rings is 1. The number of rotatable bonds is 5. The molecule has 0 amide bonds. The fourth-order valence-corrected chi connectivity index (χ4v) is 3.92. The van der Waals surface area contributed by atoms with Crippen molar-refractivity contribution in [2.24, 2.45) is 5.92 Å². The van der Waals surface area contributed by atoms with Gasteiger partial charge in [0.05, 0.1) is 0 Å². The summed E-state index contributed by atoms with van der Waals surface area (Å²) >= 11 is 1.24. The molecule has 3 N–H and O–H groups in total. The molecule has 3 heterocycles. The standard InChI is InChI=1S/C13H21N3OS/c17-13-16-12(8-18-13)7-14-4-3-9-5-10-1-2-11(6-9)15-10/h8-11,14-15H,1-7H2,(H,16,17). The lowest BCUT2D eigenvalue weighted by molar-refractivity contribution is 0.283. The molecule has 2 bridgehead atoms. The Hall–Kier alpha value is -0.650. The van der Waals surface area contributed by atoms with Gasteiger partial charge in [-0.25, -0.2) is 0 Å². The molecule has 0 aromatic carbocycles. The van der Waals surface area contributed by atoms with Gasteiger partial charge in [0.25, 0.3) is 0 Å². The van der Waals surface area contributed by atoms with Crippen LogP contribution >= 0.6 is 11.3 Å². The average Bonchev–Trinajstić information content (AvgIpc) is 2.91. The van der Waals surface area contributed by atoms with Gasteiger partial charge in [-0.3, -0.25) is 4.79 Å². The van der Waals surface area contributed by atoms with Gasteiger partial charge < -0.3 is 15.6 Å². The van der Waals surface area contributed by atoms with Crippen LogP contribution in [0.25, 0.3) is 0 Å². The Kier molecular flexibility index (Phi) is 3.82. The van der Waals surface area contributed by atoms with Crippen molar-refractivity contribution in [1.82, 2.24) is 15.6 Å². The van der Waals surface area contributed by atoms with Gasteiger partial charge in [0.1, 0.15) is 0 Å². The van der Waals surface area contributed by atoms with Crippen molar-refractivity contribution >= 4 is 11.3 Å². The third-order valence-corrected chi connectivity index (χ3v) is 4.90. The van der Waals surface area contributed by atoms with Crippen LogP contribution in [0.4, 0.5) is 0 Å². The number of aromatic nitrogens is 1. The van der Waals surface area contributed by atoms with Gasteiger partial charge in [-0.2, -0.15) is 0 Å². The molecule has 2 fully saturated rings. The topological polar surface area (TPSA) is 56.9 Å². The molecular formula is C13H21N3OS. The summed E-state index contributed by atoms with van der Waals surface area (Å²) in [7, 11) is 0. The first kappa shape index (κ1) is 12.4. The van der Waals surface area contributed by atoms with Crippen molar-refractivity contribution in [2.75, 3.05) is 6.54 Å². The molecule has 0 aliphatic carbocycles. The zero-order chi connectivity index (χ0) is 12.4. The van der Waals surface area contributed by atoms with Crippen molar-refractivity contribution in [3.8, 4) is 0 Å². The van der Waals surface area contributed by atoms with E-state index in [2.05, 4.69) is 15.6 Å². The van der Waals surface area contributed by atoms with E-state index in [1.54, 1.807) is 0 Å². The maximum Gasteiger partial charge on any atom is 0.304 e. The van der Waals surface area contributed by atoms with E-state index < -0.39 is 0 Å². The van der Waals surface area contributed by atoms with Gasteiger partial charge >= 0.3 is 4.87 Å². The Bertz CT molecular complexity index is 429. The first-order valence-electron chi connectivity index (χ1n) is 6.93. The largest absolute Gasteiger partial charge is 0.315 e. The lowest BCUT2D eigenvalue weighted by Crippen LogP contribution is -2.38. The van der Waals surface area contributed by atoms with Crippen LogP contribution < -0.4 is 15.5 Å².